The highest BCUT2D eigenvalue weighted by Gasteiger charge is 2.29. The number of Topliss-reactive ketones (excluding diaryl/α,β-unsaturated/α-hetero) is 1. The second-order valence-electron chi connectivity index (χ2n) is 7.20. The number of nitrogens with one attached hydrogen (secondary N) is 1. The first-order valence-corrected chi connectivity index (χ1v) is 9.78. The van der Waals surface area contributed by atoms with Gasteiger partial charge in [0.15, 0.2) is 0 Å². The molecule has 1 N–H and O–H groups in total. The number of amides is 1. The van der Waals surface area contributed by atoms with Crippen molar-refractivity contribution < 1.29 is 9.59 Å². The number of benzene rings is 2. The van der Waals surface area contributed by atoms with Gasteiger partial charge in [-0.2, -0.15) is 0 Å². The van der Waals surface area contributed by atoms with Crippen LogP contribution in [-0.2, 0) is 11.3 Å². The summed E-state index contributed by atoms with van der Waals surface area (Å²) in [6.07, 6.45) is 0. The fourth-order valence-electron chi connectivity index (χ4n) is 3.82. The number of piperazine rings is 1. The van der Waals surface area contributed by atoms with Gasteiger partial charge in [-0.1, -0.05) is 41.9 Å². The summed E-state index contributed by atoms with van der Waals surface area (Å²) in [5.41, 5.74) is 3.25. The summed E-state index contributed by atoms with van der Waals surface area (Å²) >= 11 is 6.05. The Balaban J connectivity index is 1.42. The van der Waals surface area contributed by atoms with Crippen molar-refractivity contribution in [2.75, 3.05) is 26.2 Å². The average Bonchev–Trinajstić information content (AvgIpc) is 3.03. The van der Waals surface area contributed by atoms with E-state index in [9.17, 15) is 9.59 Å². The molecule has 6 heteroatoms. The number of halogens is 1. The summed E-state index contributed by atoms with van der Waals surface area (Å²) in [5, 5.41) is 1.53. The number of hydrogen-bond donors (Lipinski definition) is 1. The van der Waals surface area contributed by atoms with Crippen molar-refractivity contribution in [3.63, 3.8) is 0 Å². The zero-order valence-corrected chi connectivity index (χ0v) is 16.5. The summed E-state index contributed by atoms with van der Waals surface area (Å²) in [6.45, 7) is 5.19. The molecule has 3 aromatic rings. The first-order chi connectivity index (χ1) is 13.5. The van der Waals surface area contributed by atoms with Crippen LogP contribution in [0.25, 0.3) is 10.9 Å². The fourth-order valence-corrected chi connectivity index (χ4v) is 4.04. The van der Waals surface area contributed by atoms with Gasteiger partial charge in [-0.25, -0.2) is 0 Å². The van der Waals surface area contributed by atoms with Crippen LogP contribution in [-0.4, -0.2) is 52.7 Å². The van der Waals surface area contributed by atoms with Crippen LogP contribution in [0.5, 0.6) is 0 Å². The number of H-pyrrole nitrogens is 1. The van der Waals surface area contributed by atoms with Crippen molar-refractivity contribution >= 4 is 34.2 Å². The molecule has 1 fully saturated rings. The molecule has 2 aromatic carbocycles. The van der Waals surface area contributed by atoms with Crippen molar-refractivity contribution in [3.8, 4) is 0 Å². The quantitative estimate of drug-likeness (QED) is 0.541. The molecule has 144 valence electrons. The van der Waals surface area contributed by atoms with Crippen molar-refractivity contribution in [1.29, 1.82) is 0 Å². The minimum atomic E-state index is -0.432. The molecule has 0 atom stereocenters. The third-order valence-electron chi connectivity index (χ3n) is 5.27. The molecule has 1 aliphatic heterocycles. The molecule has 1 saturated heterocycles. The Labute approximate surface area is 168 Å². The summed E-state index contributed by atoms with van der Waals surface area (Å²) in [5.74, 6) is -0.853. The van der Waals surface area contributed by atoms with Gasteiger partial charge in [0.2, 0.25) is 0 Å². The average molecular weight is 396 g/mol. The number of aryl methyl sites for hydroxylation is 1. The molecule has 0 saturated carbocycles. The highest BCUT2D eigenvalue weighted by Crippen LogP contribution is 2.23. The second-order valence-corrected chi connectivity index (χ2v) is 7.63. The zero-order valence-electron chi connectivity index (χ0n) is 15.7. The number of fused-ring (bicyclic) bond motifs is 1. The van der Waals surface area contributed by atoms with E-state index in [0.29, 0.717) is 18.7 Å². The van der Waals surface area contributed by atoms with Crippen LogP contribution in [0, 0.1) is 6.92 Å². The number of ketones is 1. The van der Waals surface area contributed by atoms with E-state index in [-0.39, 0.29) is 0 Å². The number of para-hydroxylation sites is 1. The Morgan fingerprint density at radius 1 is 1.04 bits per heavy atom. The maximum absolute atomic E-state index is 12.9. The number of nitrogens with zero attached hydrogens (tertiary/aromatic N) is 2. The molecular weight excluding hydrogens is 374 g/mol. The SMILES string of the molecule is Cc1[nH]c2ccccc2c1C(=O)C(=O)N1CCN(Cc2cccc(Cl)c2)CC1. The van der Waals surface area contributed by atoms with Gasteiger partial charge in [0.1, 0.15) is 0 Å². The molecule has 0 unspecified atom stereocenters. The van der Waals surface area contributed by atoms with Crippen LogP contribution in [0.4, 0.5) is 0 Å². The lowest BCUT2D eigenvalue weighted by Crippen LogP contribution is -2.50. The second kappa shape index (κ2) is 7.78. The molecule has 28 heavy (non-hydrogen) atoms. The van der Waals surface area contributed by atoms with Gasteiger partial charge in [-0.15, -0.1) is 0 Å². The molecule has 4 rings (SSSR count). The molecular formula is C22H22ClN3O2. The maximum atomic E-state index is 12.9. The Hall–Kier alpha value is -2.63. The number of aromatic nitrogens is 1. The smallest absolute Gasteiger partial charge is 0.295 e. The van der Waals surface area contributed by atoms with Gasteiger partial charge in [-0.05, 0) is 30.7 Å². The van der Waals surface area contributed by atoms with E-state index in [1.54, 1.807) is 4.90 Å². The highest BCUT2D eigenvalue weighted by molar-refractivity contribution is 6.45. The molecule has 2 heterocycles. The van der Waals surface area contributed by atoms with E-state index in [1.807, 2.05) is 55.5 Å². The molecule has 1 amide bonds. The standard InChI is InChI=1S/C22H22ClN3O2/c1-15-20(18-7-2-3-8-19(18)24-15)21(27)22(28)26-11-9-25(10-12-26)14-16-5-4-6-17(23)13-16/h2-8,13,24H,9-12,14H2,1H3. The van der Waals surface area contributed by atoms with Crippen molar-refractivity contribution in [1.82, 2.24) is 14.8 Å². The lowest BCUT2D eigenvalue weighted by Gasteiger charge is -2.34. The van der Waals surface area contributed by atoms with Crippen LogP contribution < -0.4 is 0 Å². The molecule has 1 aromatic heterocycles. The van der Waals surface area contributed by atoms with Gasteiger partial charge < -0.3 is 9.88 Å². The third-order valence-corrected chi connectivity index (χ3v) is 5.50. The molecule has 0 bridgehead atoms. The van der Waals surface area contributed by atoms with Crippen molar-refractivity contribution in [2.24, 2.45) is 0 Å². The molecule has 0 spiro atoms. The normalized spacial score (nSPS) is 15.1. The van der Waals surface area contributed by atoms with Gasteiger partial charge in [0, 0.05) is 54.3 Å². The van der Waals surface area contributed by atoms with E-state index in [4.69, 9.17) is 11.6 Å². The molecule has 0 aliphatic carbocycles. The Kier molecular flexibility index (Phi) is 5.20. The minimum absolute atomic E-state index is 0.421. The van der Waals surface area contributed by atoms with Crippen LogP contribution in [0.2, 0.25) is 5.02 Å². The van der Waals surface area contributed by atoms with Gasteiger partial charge in [-0.3, -0.25) is 14.5 Å². The summed E-state index contributed by atoms with van der Waals surface area (Å²) in [6, 6.07) is 15.4. The first-order valence-electron chi connectivity index (χ1n) is 9.40. The van der Waals surface area contributed by atoms with E-state index >= 15 is 0 Å². The Bertz CT molecular complexity index is 1040. The van der Waals surface area contributed by atoms with E-state index in [0.717, 1.165) is 46.8 Å². The highest BCUT2D eigenvalue weighted by atomic mass is 35.5. The number of carbonyl (C=O) groups excluding carboxylic acids is 2. The molecule has 0 radical (unpaired) electrons. The first kappa shape index (κ1) is 18.7. The third kappa shape index (κ3) is 3.68. The number of hydrogen-bond acceptors (Lipinski definition) is 3. The molecule has 1 aliphatic rings. The Morgan fingerprint density at radius 3 is 2.54 bits per heavy atom. The summed E-state index contributed by atoms with van der Waals surface area (Å²) in [7, 11) is 0. The fraction of sp³-hybridized carbons (Fsp3) is 0.273. The van der Waals surface area contributed by atoms with Gasteiger partial charge in [0.05, 0.1) is 5.56 Å². The summed E-state index contributed by atoms with van der Waals surface area (Å²) < 4.78 is 0. The van der Waals surface area contributed by atoms with Crippen LogP contribution in [0.3, 0.4) is 0 Å². The van der Waals surface area contributed by atoms with E-state index < -0.39 is 11.7 Å². The Morgan fingerprint density at radius 2 is 1.79 bits per heavy atom. The van der Waals surface area contributed by atoms with Crippen molar-refractivity contribution in [3.05, 3.63) is 70.4 Å². The zero-order chi connectivity index (χ0) is 19.7. The van der Waals surface area contributed by atoms with E-state index in [1.165, 1.54) is 0 Å². The van der Waals surface area contributed by atoms with Crippen LogP contribution in [0.1, 0.15) is 21.6 Å². The molecule has 5 nitrogen and oxygen atoms in total. The predicted molar refractivity (Wildman–Crippen MR) is 111 cm³/mol. The largest absolute Gasteiger partial charge is 0.358 e. The number of carbonyl (C=O) groups is 2. The maximum Gasteiger partial charge on any atom is 0.295 e. The summed E-state index contributed by atoms with van der Waals surface area (Å²) in [4.78, 5) is 32.9. The van der Waals surface area contributed by atoms with Gasteiger partial charge >= 0.3 is 0 Å². The van der Waals surface area contributed by atoms with E-state index in [2.05, 4.69) is 9.88 Å². The topological polar surface area (TPSA) is 56.4 Å². The lowest BCUT2D eigenvalue weighted by atomic mass is 10.1. The van der Waals surface area contributed by atoms with Crippen molar-refractivity contribution in [2.45, 2.75) is 13.5 Å². The number of rotatable bonds is 4. The van der Waals surface area contributed by atoms with Crippen LogP contribution >= 0.6 is 11.6 Å². The van der Waals surface area contributed by atoms with Gasteiger partial charge in [0.25, 0.3) is 11.7 Å². The predicted octanol–water partition coefficient (Wildman–Crippen LogP) is 3.66. The monoisotopic (exact) mass is 395 g/mol. The number of aromatic amines is 1. The minimum Gasteiger partial charge on any atom is -0.358 e. The lowest BCUT2D eigenvalue weighted by molar-refractivity contribution is -0.128. The van der Waals surface area contributed by atoms with Crippen LogP contribution in [0.15, 0.2) is 48.5 Å².